The van der Waals surface area contributed by atoms with Gasteiger partial charge in [-0.15, -0.1) is 0 Å². The first-order chi connectivity index (χ1) is 14.1. The minimum absolute atomic E-state index is 0.136. The first-order valence-corrected chi connectivity index (χ1v) is 9.08. The molecule has 1 aromatic heterocycles. The summed E-state index contributed by atoms with van der Waals surface area (Å²) in [6, 6.07) is 18.1. The number of halogens is 2. The van der Waals surface area contributed by atoms with Crippen molar-refractivity contribution in [1.82, 2.24) is 9.97 Å². The normalized spacial score (nSPS) is 10.7. The number of nitrogens with zero attached hydrogens (tertiary/aromatic N) is 2. The highest BCUT2D eigenvalue weighted by Gasteiger charge is 2.12. The van der Waals surface area contributed by atoms with E-state index in [9.17, 15) is 9.18 Å². The summed E-state index contributed by atoms with van der Waals surface area (Å²) in [4.78, 5) is 20.9. The second-order valence-electron chi connectivity index (χ2n) is 6.10. The van der Waals surface area contributed by atoms with Crippen molar-refractivity contribution in [3.63, 3.8) is 0 Å². The van der Waals surface area contributed by atoms with Crippen LogP contribution >= 0.6 is 11.6 Å². The van der Waals surface area contributed by atoms with Gasteiger partial charge in [0.2, 0.25) is 5.88 Å². The van der Waals surface area contributed by atoms with Crippen LogP contribution in [-0.2, 0) is 11.3 Å². The van der Waals surface area contributed by atoms with Gasteiger partial charge in [0.05, 0.1) is 27.8 Å². The zero-order valence-corrected chi connectivity index (χ0v) is 15.8. The maximum atomic E-state index is 13.8. The summed E-state index contributed by atoms with van der Waals surface area (Å²) in [5, 5.41) is 0.207. The summed E-state index contributed by atoms with van der Waals surface area (Å²) in [7, 11) is 0. The molecule has 0 N–H and O–H groups in total. The SMILES string of the molecule is O=C(OCc1c(F)cccc1Cl)c1ccc(Oc2cnc3ccccc3n2)cc1. The number of hydrogen-bond donors (Lipinski definition) is 0. The minimum Gasteiger partial charge on any atom is -0.457 e. The second kappa shape index (κ2) is 8.24. The van der Waals surface area contributed by atoms with Gasteiger partial charge in [-0.25, -0.2) is 19.2 Å². The van der Waals surface area contributed by atoms with E-state index >= 15 is 0 Å². The first kappa shape index (κ1) is 18.8. The van der Waals surface area contributed by atoms with Crippen molar-refractivity contribution in [2.24, 2.45) is 0 Å². The number of hydrogen-bond acceptors (Lipinski definition) is 5. The van der Waals surface area contributed by atoms with Crippen molar-refractivity contribution < 1.29 is 18.7 Å². The topological polar surface area (TPSA) is 61.3 Å². The summed E-state index contributed by atoms with van der Waals surface area (Å²) < 4.78 is 24.6. The van der Waals surface area contributed by atoms with E-state index in [1.807, 2.05) is 24.3 Å². The van der Waals surface area contributed by atoms with E-state index < -0.39 is 11.8 Å². The Labute approximate surface area is 170 Å². The molecule has 144 valence electrons. The van der Waals surface area contributed by atoms with Crippen molar-refractivity contribution in [3.05, 3.63) is 94.9 Å². The zero-order chi connectivity index (χ0) is 20.2. The van der Waals surface area contributed by atoms with Crippen molar-refractivity contribution >= 4 is 28.6 Å². The van der Waals surface area contributed by atoms with E-state index in [4.69, 9.17) is 21.1 Å². The van der Waals surface area contributed by atoms with Crippen molar-refractivity contribution in [3.8, 4) is 11.6 Å². The van der Waals surface area contributed by atoms with Crippen LogP contribution in [0.3, 0.4) is 0 Å². The molecule has 0 aliphatic rings. The van der Waals surface area contributed by atoms with E-state index in [0.717, 1.165) is 11.0 Å². The molecule has 4 rings (SSSR count). The monoisotopic (exact) mass is 408 g/mol. The Balaban J connectivity index is 1.42. The fourth-order valence-electron chi connectivity index (χ4n) is 2.66. The second-order valence-corrected chi connectivity index (χ2v) is 6.51. The van der Waals surface area contributed by atoms with Gasteiger partial charge >= 0.3 is 5.97 Å². The number of ether oxygens (including phenoxy) is 2. The molecule has 1 heterocycles. The average Bonchev–Trinajstić information content (AvgIpc) is 2.74. The Morgan fingerprint density at radius 2 is 1.72 bits per heavy atom. The molecule has 0 spiro atoms. The van der Waals surface area contributed by atoms with Crippen LogP contribution in [0.1, 0.15) is 15.9 Å². The van der Waals surface area contributed by atoms with Gasteiger partial charge in [-0.3, -0.25) is 0 Å². The lowest BCUT2D eigenvalue weighted by Crippen LogP contribution is -2.06. The molecule has 29 heavy (non-hydrogen) atoms. The molecule has 5 nitrogen and oxygen atoms in total. The lowest BCUT2D eigenvalue weighted by atomic mass is 10.2. The summed E-state index contributed by atoms with van der Waals surface area (Å²) in [5.74, 6) is -0.289. The van der Waals surface area contributed by atoms with Gasteiger partial charge in [-0.1, -0.05) is 29.8 Å². The molecular formula is C22H14ClFN2O3. The molecule has 0 bridgehead atoms. The summed E-state index contributed by atoms with van der Waals surface area (Å²) >= 11 is 5.93. The number of carbonyl (C=O) groups excluding carboxylic acids is 1. The Morgan fingerprint density at radius 1 is 0.966 bits per heavy atom. The molecule has 3 aromatic carbocycles. The largest absolute Gasteiger partial charge is 0.457 e. The maximum Gasteiger partial charge on any atom is 0.338 e. The smallest absolute Gasteiger partial charge is 0.338 e. The fraction of sp³-hybridized carbons (Fsp3) is 0.0455. The zero-order valence-electron chi connectivity index (χ0n) is 15.0. The van der Waals surface area contributed by atoms with Crippen LogP contribution in [-0.4, -0.2) is 15.9 Å². The molecule has 0 aliphatic carbocycles. The number of aromatic nitrogens is 2. The first-order valence-electron chi connectivity index (χ1n) is 8.70. The quantitative estimate of drug-likeness (QED) is 0.404. The standard InChI is InChI=1S/C22H14ClFN2O3/c23-17-4-3-5-18(24)16(17)13-28-22(27)14-8-10-15(11-9-14)29-21-12-25-19-6-1-2-7-20(19)26-21/h1-12H,13H2. The van der Waals surface area contributed by atoms with E-state index in [0.29, 0.717) is 17.2 Å². The molecule has 0 fully saturated rings. The van der Waals surface area contributed by atoms with Crippen LogP contribution in [0.25, 0.3) is 11.0 Å². The van der Waals surface area contributed by atoms with E-state index in [-0.39, 0.29) is 17.2 Å². The van der Waals surface area contributed by atoms with Crippen molar-refractivity contribution in [1.29, 1.82) is 0 Å². The molecule has 0 unspecified atom stereocenters. The van der Waals surface area contributed by atoms with E-state index in [1.165, 1.54) is 24.4 Å². The Bertz CT molecular complexity index is 1160. The lowest BCUT2D eigenvalue weighted by Gasteiger charge is -2.09. The third-order valence-electron chi connectivity index (χ3n) is 4.15. The van der Waals surface area contributed by atoms with Gasteiger partial charge in [0.1, 0.15) is 18.2 Å². The highest BCUT2D eigenvalue weighted by atomic mass is 35.5. The molecule has 0 atom stereocenters. The van der Waals surface area contributed by atoms with Gasteiger partial charge in [0, 0.05) is 5.56 Å². The number of benzene rings is 3. The maximum absolute atomic E-state index is 13.8. The molecule has 0 saturated carbocycles. The average molecular weight is 409 g/mol. The van der Waals surface area contributed by atoms with Gasteiger partial charge in [-0.05, 0) is 48.5 Å². The highest BCUT2D eigenvalue weighted by molar-refractivity contribution is 6.31. The predicted octanol–water partition coefficient (Wildman–Crippen LogP) is 5.57. The summed E-state index contributed by atoms with van der Waals surface area (Å²) in [6.07, 6.45) is 1.53. The Hall–Kier alpha value is -3.51. The van der Waals surface area contributed by atoms with Crippen LogP contribution in [0.4, 0.5) is 4.39 Å². The third-order valence-corrected chi connectivity index (χ3v) is 4.50. The molecule has 0 amide bonds. The highest BCUT2D eigenvalue weighted by Crippen LogP contribution is 2.23. The number of esters is 1. The van der Waals surface area contributed by atoms with Gasteiger partial charge in [0.15, 0.2) is 0 Å². The molecule has 4 aromatic rings. The van der Waals surface area contributed by atoms with Crippen molar-refractivity contribution in [2.75, 3.05) is 0 Å². The van der Waals surface area contributed by atoms with Crippen LogP contribution in [0, 0.1) is 5.82 Å². The number of fused-ring (bicyclic) bond motifs is 1. The number of rotatable bonds is 5. The Kier molecular flexibility index (Phi) is 5.35. The Morgan fingerprint density at radius 3 is 2.48 bits per heavy atom. The summed E-state index contributed by atoms with van der Waals surface area (Å²) in [6.45, 7) is -0.255. The van der Waals surface area contributed by atoms with Crippen LogP contribution in [0.2, 0.25) is 5.02 Å². The lowest BCUT2D eigenvalue weighted by molar-refractivity contribution is 0.0469. The van der Waals surface area contributed by atoms with Gasteiger partial charge < -0.3 is 9.47 Å². The predicted molar refractivity (Wildman–Crippen MR) is 107 cm³/mol. The van der Waals surface area contributed by atoms with E-state index in [2.05, 4.69) is 9.97 Å². The summed E-state index contributed by atoms with van der Waals surface area (Å²) in [5.41, 5.74) is 1.93. The molecule has 7 heteroatoms. The molecule has 0 aliphatic heterocycles. The number of para-hydroxylation sites is 2. The minimum atomic E-state index is -0.596. The van der Waals surface area contributed by atoms with Crippen LogP contribution in [0.15, 0.2) is 72.9 Å². The third kappa shape index (κ3) is 4.33. The van der Waals surface area contributed by atoms with Gasteiger partial charge in [-0.2, -0.15) is 0 Å². The van der Waals surface area contributed by atoms with Crippen LogP contribution in [0.5, 0.6) is 11.6 Å². The van der Waals surface area contributed by atoms with Crippen molar-refractivity contribution in [2.45, 2.75) is 6.61 Å². The van der Waals surface area contributed by atoms with Gasteiger partial charge in [0.25, 0.3) is 0 Å². The molecule has 0 saturated heterocycles. The molecular weight excluding hydrogens is 395 g/mol. The van der Waals surface area contributed by atoms with Crippen LogP contribution < -0.4 is 4.74 Å². The fourth-order valence-corrected chi connectivity index (χ4v) is 2.88. The molecule has 0 radical (unpaired) electrons. The van der Waals surface area contributed by atoms with E-state index in [1.54, 1.807) is 24.3 Å². The number of carbonyl (C=O) groups is 1.